The maximum atomic E-state index is 15.0. The molecule has 216 valence electrons. The number of imidazole rings is 1. The van der Waals surface area contributed by atoms with Crippen molar-refractivity contribution in [3.63, 3.8) is 0 Å². The third-order valence-corrected chi connectivity index (χ3v) is 8.32. The van der Waals surface area contributed by atoms with Crippen molar-refractivity contribution in [2.45, 2.75) is 30.7 Å². The topological polar surface area (TPSA) is 123 Å². The summed E-state index contributed by atoms with van der Waals surface area (Å²) in [6.45, 7) is 5.60. The molecule has 40 heavy (non-hydrogen) atoms. The number of amides is 1. The molecule has 11 nitrogen and oxygen atoms in total. The van der Waals surface area contributed by atoms with E-state index in [-0.39, 0.29) is 46.5 Å². The lowest BCUT2D eigenvalue weighted by Gasteiger charge is -2.32. The minimum absolute atomic E-state index is 0. The van der Waals surface area contributed by atoms with Crippen molar-refractivity contribution in [3.8, 4) is 11.4 Å². The number of nitrogens with one attached hydrogen (secondary N) is 1. The van der Waals surface area contributed by atoms with E-state index >= 15 is 0 Å². The van der Waals surface area contributed by atoms with E-state index in [4.69, 9.17) is 4.74 Å². The molecule has 4 heterocycles. The average Bonchev–Trinajstić information content (AvgIpc) is 3.30. The molecule has 0 bridgehead atoms. The summed E-state index contributed by atoms with van der Waals surface area (Å²) in [6, 6.07) is 4.60. The molecule has 0 saturated carbocycles. The zero-order valence-electron chi connectivity index (χ0n) is 22.6. The number of aryl methyl sites for hydroxylation is 1. The van der Waals surface area contributed by atoms with E-state index in [9.17, 15) is 17.6 Å². The first-order valence-corrected chi connectivity index (χ1v) is 14.7. The highest BCUT2D eigenvalue weighted by molar-refractivity contribution is 7.90. The molecule has 14 heteroatoms. The van der Waals surface area contributed by atoms with E-state index in [1.165, 1.54) is 12.1 Å². The van der Waals surface area contributed by atoms with E-state index < -0.39 is 15.7 Å². The summed E-state index contributed by atoms with van der Waals surface area (Å²) in [5.74, 6) is -0.0879. The minimum atomic E-state index is -3.74. The Hall–Kier alpha value is -3.13. The van der Waals surface area contributed by atoms with Gasteiger partial charge in [0, 0.05) is 57.4 Å². The van der Waals surface area contributed by atoms with Gasteiger partial charge in [0.2, 0.25) is 5.95 Å². The molecule has 2 saturated heterocycles. The normalized spacial score (nSPS) is 16.9. The Morgan fingerprint density at radius 2 is 1.80 bits per heavy atom. The second-order valence-corrected chi connectivity index (χ2v) is 12.0. The van der Waals surface area contributed by atoms with Gasteiger partial charge in [0.05, 0.1) is 28.5 Å². The van der Waals surface area contributed by atoms with Gasteiger partial charge in [-0.15, -0.1) is 12.4 Å². The number of halogens is 2. The van der Waals surface area contributed by atoms with Crippen LogP contribution in [0.15, 0.2) is 35.5 Å². The zero-order valence-corrected chi connectivity index (χ0v) is 24.3. The third-order valence-electron chi connectivity index (χ3n) is 7.18. The van der Waals surface area contributed by atoms with Crippen LogP contribution in [-0.2, 0) is 14.6 Å². The van der Waals surface area contributed by atoms with Crippen LogP contribution in [0, 0.1) is 12.7 Å². The molecule has 2 aliphatic rings. The number of benzene rings is 1. The lowest BCUT2D eigenvalue weighted by atomic mass is 10.1. The van der Waals surface area contributed by atoms with Crippen molar-refractivity contribution >= 4 is 39.8 Å². The number of anilines is 2. The van der Waals surface area contributed by atoms with Gasteiger partial charge in [0.15, 0.2) is 15.7 Å². The van der Waals surface area contributed by atoms with Gasteiger partial charge in [-0.05, 0) is 45.0 Å². The molecule has 5 rings (SSSR count). The Morgan fingerprint density at radius 1 is 1.10 bits per heavy atom. The van der Waals surface area contributed by atoms with E-state index in [1.807, 2.05) is 18.5 Å². The number of hydrogen-bond acceptors (Lipinski definition) is 9. The summed E-state index contributed by atoms with van der Waals surface area (Å²) in [6.07, 6.45) is 5.31. The molecule has 3 aromatic rings. The number of carbonyl (C=O) groups is 1. The standard InChI is InChI=1S/C26H32FN7O4S.ClH/c1-17-28-16-22(34(17)19-6-12-38-13-7-19)24-21(27)15-29-26(31-24)30-18-4-5-20(23(14-18)39(3,36)37)25(35)33-10-8-32(2)9-11-33;/h4-5,14-16,19H,6-13H2,1-3H3,(H,29,30,31);1H. The number of hydrogen-bond donors (Lipinski definition) is 1. The van der Waals surface area contributed by atoms with E-state index in [1.54, 1.807) is 17.2 Å². The number of carbonyl (C=O) groups excluding carboxylic acids is 1. The molecule has 1 amide bonds. The van der Waals surface area contributed by atoms with Gasteiger partial charge in [-0.1, -0.05) is 0 Å². The fourth-order valence-electron chi connectivity index (χ4n) is 5.03. The smallest absolute Gasteiger partial charge is 0.255 e. The van der Waals surface area contributed by atoms with Crippen LogP contribution < -0.4 is 5.32 Å². The first kappa shape index (κ1) is 29.8. The third kappa shape index (κ3) is 6.27. The number of rotatable bonds is 6. The lowest BCUT2D eigenvalue weighted by Crippen LogP contribution is -2.47. The molecule has 1 N–H and O–H groups in total. The number of piperazine rings is 1. The van der Waals surface area contributed by atoms with Gasteiger partial charge in [-0.2, -0.15) is 0 Å². The Bertz CT molecular complexity index is 1490. The van der Waals surface area contributed by atoms with Crippen molar-refractivity contribution < 1.29 is 22.3 Å². The summed E-state index contributed by atoms with van der Waals surface area (Å²) in [7, 11) is -1.76. The van der Waals surface area contributed by atoms with Gasteiger partial charge in [-0.25, -0.2) is 27.8 Å². The summed E-state index contributed by atoms with van der Waals surface area (Å²) >= 11 is 0. The fraction of sp³-hybridized carbons (Fsp3) is 0.462. The number of nitrogens with zero attached hydrogens (tertiary/aromatic N) is 6. The predicted octanol–water partition coefficient (Wildman–Crippen LogP) is 3.10. The number of sulfone groups is 1. The lowest BCUT2D eigenvalue weighted by molar-refractivity contribution is 0.0660. The molecule has 2 fully saturated rings. The van der Waals surface area contributed by atoms with Gasteiger partial charge >= 0.3 is 0 Å². The van der Waals surface area contributed by atoms with Crippen LogP contribution in [0.1, 0.15) is 35.1 Å². The summed E-state index contributed by atoms with van der Waals surface area (Å²) in [5.41, 5.74) is 1.10. The van der Waals surface area contributed by atoms with Gasteiger partial charge in [-0.3, -0.25) is 4.79 Å². The molecule has 0 unspecified atom stereocenters. The highest BCUT2D eigenvalue weighted by Crippen LogP contribution is 2.31. The van der Waals surface area contributed by atoms with E-state index in [2.05, 4.69) is 25.2 Å². The molecule has 2 aromatic heterocycles. The van der Waals surface area contributed by atoms with Crippen LogP contribution in [0.4, 0.5) is 16.0 Å². The van der Waals surface area contributed by atoms with Crippen LogP contribution in [0.5, 0.6) is 0 Å². The van der Waals surface area contributed by atoms with Crippen LogP contribution in [-0.4, -0.2) is 96.3 Å². The second-order valence-electron chi connectivity index (χ2n) is 10.00. The molecule has 2 aliphatic heterocycles. The first-order chi connectivity index (χ1) is 18.6. The molecular weight excluding hydrogens is 561 g/mol. The van der Waals surface area contributed by atoms with Gasteiger partial charge < -0.3 is 24.4 Å². The highest BCUT2D eigenvalue weighted by atomic mass is 35.5. The van der Waals surface area contributed by atoms with E-state index in [0.717, 1.165) is 44.2 Å². The molecule has 0 radical (unpaired) electrons. The highest BCUT2D eigenvalue weighted by Gasteiger charge is 2.27. The molecule has 0 spiro atoms. The van der Waals surface area contributed by atoms with Crippen molar-refractivity contribution in [2.24, 2.45) is 0 Å². The minimum Gasteiger partial charge on any atom is -0.381 e. The van der Waals surface area contributed by atoms with Crippen molar-refractivity contribution in [3.05, 3.63) is 47.8 Å². The summed E-state index contributed by atoms with van der Waals surface area (Å²) in [5, 5.41) is 2.98. The Morgan fingerprint density at radius 3 is 2.48 bits per heavy atom. The second kappa shape index (κ2) is 12.2. The summed E-state index contributed by atoms with van der Waals surface area (Å²) < 4.78 is 47.8. The van der Waals surface area contributed by atoms with Crippen LogP contribution in [0.3, 0.4) is 0 Å². The van der Waals surface area contributed by atoms with Crippen molar-refractivity contribution in [2.75, 3.05) is 58.0 Å². The van der Waals surface area contributed by atoms with Crippen LogP contribution >= 0.6 is 12.4 Å². The Labute approximate surface area is 239 Å². The van der Waals surface area contributed by atoms with Crippen LogP contribution in [0.2, 0.25) is 0 Å². The quantitative estimate of drug-likeness (QED) is 0.459. The Kier molecular flexibility index (Phi) is 9.08. The average molecular weight is 594 g/mol. The molecule has 1 aromatic carbocycles. The SMILES string of the molecule is Cc1ncc(-c2nc(Nc3ccc(C(=O)N4CCN(C)CC4)c(S(C)(=O)=O)c3)ncc2F)n1C1CCOCC1.Cl. The zero-order chi connectivity index (χ0) is 27.7. The molecular formula is C26H33ClFN7O4S. The first-order valence-electron chi connectivity index (χ1n) is 12.9. The van der Waals surface area contributed by atoms with Gasteiger partial charge in [0.1, 0.15) is 11.5 Å². The van der Waals surface area contributed by atoms with Crippen molar-refractivity contribution in [1.82, 2.24) is 29.3 Å². The Balaban J connectivity index is 0.00000370. The van der Waals surface area contributed by atoms with E-state index in [0.29, 0.717) is 37.7 Å². The monoisotopic (exact) mass is 593 g/mol. The predicted molar refractivity (Wildman–Crippen MR) is 151 cm³/mol. The molecule has 0 atom stereocenters. The number of likely N-dealkylation sites (N-methyl/N-ethyl adjacent to an activating group) is 1. The molecule has 0 aliphatic carbocycles. The van der Waals surface area contributed by atoms with Crippen LogP contribution in [0.25, 0.3) is 11.4 Å². The summed E-state index contributed by atoms with van der Waals surface area (Å²) in [4.78, 5) is 29.8. The van der Waals surface area contributed by atoms with Crippen molar-refractivity contribution in [1.29, 1.82) is 0 Å². The number of aromatic nitrogens is 4. The number of ether oxygens (including phenoxy) is 1. The fourth-order valence-corrected chi connectivity index (χ4v) is 5.93. The maximum Gasteiger partial charge on any atom is 0.255 e. The maximum absolute atomic E-state index is 15.0. The largest absolute Gasteiger partial charge is 0.381 e. The van der Waals surface area contributed by atoms with Gasteiger partial charge in [0.25, 0.3) is 5.91 Å².